The molecule has 1 amide bonds. The van der Waals surface area contributed by atoms with E-state index in [1.165, 1.54) is 11.3 Å². The van der Waals surface area contributed by atoms with Crippen LogP contribution in [0.25, 0.3) is 0 Å². The molecular weight excluding hydrogens is 286 g/mol. The predicted octanol–water partition coefficient (Wildman–Crippen LogP) is 2.52. The van der Waals surface area contributed by atoms with Gasteiger partial charge < -0.3 is 14.4 Å². The van der Waals surface area contributed by atoms with Gasteiger partial charge in [0.15, 0.2) is 0 Å². The smallest absolute Gasteiger partial charge is 0.257 e. The molecule has 0 radical (unpaired) electrons. The number of thiophene rings is 1. The lowest BCUT2D eigenvalue weighted by Crippen LogP contribution is -2.26. The first-order chi connectivity index (χ1) is 10.2. The number of aryl methyl sites for hydroxylation is 1. The summed E-state index contributed by atoms with van der Waals surface area (Å²) in [6.07, 6.45) is 2.24. The van der Waals surface area contributed by atoms with Gasteiger partial charge in [0, 0.05) is 20.0 Å². The zero-order chi connectivity index (χ0) is 15.2. The molecule has 0 atom stereocenters. The van der Waals surface area contributed by atoms with Gasteiger partial charge in [0.25, 0.3) is 5.91 Å². The zero-order valence-electron chi connectivity index (χ0n) is 12.0. The Kier molecular flexibility index (Phi) is 5.20. The van der Waals surface area contributed by atoms with Crippen molar-refractivity contribution in [2.75, 3.05) is 13.7 Å². The summed E-state index contributed by atoms with van der Waals surface area (Å²) < 4.78 is 5.30. The number of furan rings is 1. The third-order valence-electron chi connectivity index (χ3n) is 3.01. The molecule has 0 spiro atoms. The number of hydrogen-bond donors (Lipinski definition) is 1. The molecule has 4 nitrogen and oxygen atoms in total. The van der Waals surface area contributed by atoms with Crippen molar-refractivity contribution in [3.63, 3.8) is 0 Å². The van der Waals surface area contributed by atoms with Crippen LogP contribution in [0.4, 0.5) is 0 Å². The van der Waals surface area contributed by atoms with Gasteiger partial charge in [-0.1, -0.05) is 18.8 Å². The molecule has 5 heteroatoms. The van der Waals surface area contributed by atoms with Crippen LogP contribution in [-0.4, -0.2) is 29.6 Å². The first-order valence-electron chi connectivity index (χ1n) is 6.64. The van der Waals surface area contributed by atoms with Crippen LogP contribution < -0.4 is 0 Å². The normalized spacial score (nSPS) is 10.0. The van der Waals surface area contributed by atoms with Crippen LogP contribution in [0.5, 0.6) is 0 Å². The number of carbonyl (C=O) groups excluding carboxylic acids is 1. The number of aliphatic hydroxyl groups is 1. The Hall–Kier alpha value is -2.03. The van der Waals surface area contributed by atoms with E-state index >= 15 is 0 Å². The Bertz CT molecular complexity index is 675. The van der Waals surface area contributed by atoms with Gasteiger partial charge in [-0.2, -0.15) is 0 Å². The minimum absolute atomic E-state index is 0.0465. The van der Waals surface area contributed by atoms with Gasteiger partial charge in [0.2, 0.25) is 0 Å². The van der Waals surface area contributed by atoms with Crippen LogP contribution in [0.15, 0.2) is 28.2 Å². The van der Waals surface area contributed by atoms with Crippen molar-refractivity contribution in [3.05, 3.63) is 45.5 Å². The minimum atomic E-state index is -0.147. The Morgan fingerprint density at radius 1 is 1.52 bits per heavy atom. The largest absolute Gasteiger partial charge is 0.469 e. The fraction of sp³-hybridized carbons (Fsp3) is 0.312. The second-order valence-electron chi connectivity index (χ2n) is 4.55. The first-order valence-corrected chi connectivity index (χ1v) is 7.52. The van der Waals surface area contributed by atoms with Crippen molar-refractivity contribution in [3.8, 4) is 11.8 Å². The molecule has 0 fully saturated rings. The quantitative estimate of drug-likeness (QED) is 0.883. The molecular formula is C16H17NO3S. The third kappa shape index (κ3) is 3.75. The zero-order valence-corrected chi connectivity index (χ0v) is 12.9. The van der Waals surface area contributed by atoms with Gasteiger partial charge in [-0.3, -0.25) is 4.79 Å². The van der Waals surface area contributed by atoms with Crippen molar-refractivity contribution >= 4 is 17.2 Å². The summed E-state index contributed by atoms with van der Waals surface area (Å²) in [5.74, 6) is 6.15. The van der Waals surface area contributed by atoms with E-state index in [1.807, 2.05) is 18.4 Å². The fourth-order valence-electron chi connectivity index (χ4n) is 2.01. The van der Waals surface area contributed by atoms with Crippen LogP contribution in [0.2, 0.25) is 0 Å². The summed E-state index contributed by atoms with van der Waals surface area (Å²) in [6.45, 7) is 2.33. The van der Waals surface area contributed by atoms with Crippen molar-refractivity contribution in [1.29, 1.82) is 0 Å². The summed E-state index contributed by atoms with van der Waals surface area (Å²) in [6, 6.07) is 3.65. The molecule has 0 saturated carbocycles. The lowest BCUT2D eigenvalue weighted by atomic mass is 10.2. The number of carbonyl (C=O) groups is 1. The van der Waals surface area contributed by atoms with E-state index in [-0.39, 0.29) is 12.5 Å². The van der Waals surface area contributed by atoms with E-state index in [4.69, 9.17) is 9.52 Å². The van der Waals surface area contributed by atoms with Crippen LogP contribution in [-0.2, 0) is 13.0 Å². The van der Waals surface area contributed by atoms with Gasteiger partial charge in [-0.05, 0) is 23.1 Å². The second kappa shape index (κ2) is 7.11. The van der Waals surface area contributed by atoms with Gasteiger partial charge in [0.05, 0.1) is 16.7 Å². The maximum Gasteiger partial charge on any atom is 0.257 e. The van der Waals surface area contributed by atoms with E-state index in [1.54, 1.807) is 24.3 Å². The molecule has 0 aromatic carbocycles. The van der Waals surface area contributed by atoms with Crippen LogP contribution in [0.1, 0.15) is 33.5 Å². The van der Waals surface area contributed by atoms with Crippen LogP contribution in [0, 0.1) is 11.8 Å². The highest BCUT2D eigenvalue weighted by molar-refractivity contribution is 7.10. The average molecular weight is 303 g/mol. The monoisotopic (exact) mass is 303 g/mol. The van der Waals surface area contributed by atoms with Crippen molar-refractivity contribution in [2.24, 2.45) is 0 Å². The summed E-state index contributed by atoms with van der Waals surface area (Å²) in [5, 5.41) is 10.7. The summed E-state index contributed by atoms with van der Waals surface area (Å²) in [4.78, 5) is 14.9. The predicted molar refractivity (Wildman–Crippen MR) is 82.2 cm³/mol. The first kappa shape index (κ1) is 15.4. The topological polar surface area (TPSA) is 53.7 Å². The highest BCUT2D eigenvalue weighted by Crippen LogP contribution is 2.18. The molecule has 110 valence electrons. The number of hydrogen-bond acceptors (Lipinski definition) is 4. The molecule has 0 aliphatic rings. The van der Waals surface area contributed by atoms with E-state index < -0.39 is 0 Å². The van der Waals surface area contributed by atoms with Gasteiger partial charge in [-0.15, -0.1) is 11.3 Å². The molecule has 0 bridgehead atoms. The Morgan fingerprint density at radius 2 is 2.33 bits per heavy atom. The maximum absolute atomic E-state index is 12.4. The van der Waals surface area contributed by atoms with E-state index in [2.05, 4.69) is 11.8 Å². The lowest BCUT2D eigenvalue weighted by Gasteiger charge is -2.16. The number of nitrogens with zero attached hydrogens (tertiary/aromatic N) is 1. The van der Waals surface area contributed by atoms with E-state index in [0.29, 0.717) is 24.3 Å². The number of amides is 1. The molecule has 0 aliphatic carbocycles. The molecule has 2 rings (SSSR count). The van der Waals surface area contributed by atoms with Crippen LogP contribution in [0.3, 0.4) is 0 Å². The van der Waals surface area contributed by atoms with Crippen molar-refractivity contribution < 1.29 is 14.3 Å². The van der Waals surface area contributed by atoms with Crippen molar-refractivity contribution in [1.82, 2.24) is 4.90 Å². The number of aliphatic hydroxyl groups excluding tert-OH is 1. The van der Waals surface area contributed by atoms with Crippen LogP contribution >= 0.6 is 11.3 Å². The van der Waals surface area contributed by atoms with E-state index in [9.17, 15) is 4.79 Å². The highest BCUT2D eigenvalue weighted by atomic mass is 32.1. The number of rotatable bonds is 4. The second-order valence-corrected chi connectivity index (χ2v) is 5.46. The molecule has 1 N–H and O–H groups in total. The van der Waals surface area contributed by atoms with Gasteiger partial charge >= 0.3 is 0 Å². The molecule has 0 aliphatic heterocycles. The highest BCUT2D eigenvalue weighted by Gasteiger charge is 2.17. The SMILES string of the molecule is CCc1occc1C(=O)N(C)Cc1csc(C#CCO)c1. The van der Waals surface area contributed by atoms with E-state index in [0.717, 1.165) is 10.4 Å². The summed E-state index contributed by atoms with van der Waals surface area (Å²) in [5.41, 5.74) is 1.65. The molecule has 0 unspecified atom stereocenters. The van der Waals surface area contributed by atoms with Gasteiger partial charge in [0.1, 0.15) is 12.4 Å². The standard InChI is InChI=1S/C16H17NO3S/c1-3-15-14(6-8-20-15)16(19)17(2)10-12-9-13(21-11-12)5-4-7-18/h6,8-9,11,18H,3,7,10H2,1-2H3. The molecule has 2 aromatic rings. The average Bonchev–Trinajstić information content (AvgIpc) is 3.12. The van der Waals surface area contributed by atoms with Gasteiger partial charge in [-0.25, -0.2) is 0 Å². The molecule has 2 aromatic heterocycles. The maximum atomic E-state index is 12.4. The Morgan fingerprint density at radius 3 is 3.05 bits per heavy atom. The fourth-order valence-corrected chi connectivity index (χ4v) is 2.78. The lowest BCUT2D eigenvalue weighted by molar-refractivity contribution is 0.0783. The Labute approximate surface area is 128 Å². The third-order valence-corrected chi connectivity index (χ3v) is 3.90. The Balaban J connectivity index is 2.05. The molecule has 0 saturated heterocycles. The minimum Gasteiger partial charge on any atom is -0.469 e. The molecule has 2 heterocycles. The molecule has 21 heavy (non-hydrogen) atoms. The summed E-state index contributed by atoms with van der Waals surface area (Å²) in [7, 11) is 1.77. The summed E-state index contributed by atoms with van der Waals surface area (Å²) >= 11 is 1.51. The van der Waals surface area contributed by atoms with Crippen molar-refractivity contribution in [2.45, 2.75) is 19.9 Å².